The Bertz CT molecular complexity index is 1590. The summed E-state index contributed by atoms with van der Waals surface area (Å²) in [7, 11) is -8.46. The Labute approximate surface area is 230 Å². The van der Waals surface area contributed by atoms with Gasteiger partial charge >= 0.3 is 0 Å². The van der Waals surface area contributed by atoms with Crippen LogP contribution >= 0.6 is 11.6 Å². The number of rotatable bonds is 7. The normalized spacial score (nSPS) is 23.0. The molecule has 3 atom stereocenters. The van der Waals surface area contributed by atoms with Crippen molar-refractivity contribution in [2.24, 2.45) is 5.92 Å². The largest absolute Gasteiger partial charge is 0.490 e. The SMILES string of the molecule is Cc1ccc(S(=O)(=O)OCC[C@@H]2OCC[C@@]3(S(=O)(=O)c4ccc(Cl)cc4)c4c(F)ccc(F)c4OC[C@@H]23)cc1. The predicted octanol–water partition coefficient (Wildman–Crippen LogP) is 5.19. The number of halogens is 3. The second-order valence-corrected chi connectivity index (χ2v) is 13.8. The van der Waals surface area contributed by atoms with Gasteiger partial charge in [0.25, 0.3) is 10.1 Å². The molecule has 0 spiro atoms. The predicted molar refractivity (Wildman–Crippen MR) is 139 cm³/mol. The highest BCUT2D eigenvalue weighted by Gasteiger charge is 2.61. The lowest BCUT2D eigenvalue weighted by molar-refractivity contribution is -0.0793. The first-order valence-electron chi connectivity index (χ1n) is 12.2. The van der Waals surface area contributed by atoms with Crippen LogP contribution in [0.1, 0.15) is 24.0 Å². The molecule has 208 valence electrons. The van der Waals surface area contributed by atoms with Gasteiger partial charge in [-0.1, -0.05) is 29.3 Å². The molecule has 1 fully saturated rings. The minimum absolute atomic E-state index is 0.0233. The fourth-order valence-electron chi connectivity index (χ4n) is 5.38. The van der Waals surface area contributed by atoms with E-state index >= 15 is 4.39 Å². The molecule has 0 unspecified atom stereocenters. The summed E-state index contributed by atoms with van der Waals surface area (Å²) >= 11 is 5.97. The monoisotopic (exact) mass is 598 g/mol. The smallest absolute Gasteiger partial charge is 0.296 e. The number of hydrogen-bond donors (Lipinski definition) is 0. The maximum atomic E-state index is 15.5. The van der Waals surface area contributed by atoms with E-state index in [1.165, 1.54) is 36.4 Å². The van der Waals surface area contributed by atoms with Crippen molar-refractivity contribution < 1.29 is 39.3 Å². The highest BCUT2D eigenvalue weighted by Crippen LogP contribution is 2.55. The molecule has 0 saturated carbocycles. The van der Waals surface area contributed by atoms with Gasteiger partial charge in [-0.3, -0.25) is 4.18 Å². The highest BCUT2D eigenvalue weighted by molar-refractivity contribution is 7.92. The minimum Gasteiger partial charge on any atom is -0.490 e. The summed E-state index contributed by atoms with van der Waals surface area (Å²) in [5, 5.41) is 0.310. The van der Waals surface area contributed by atoms with Crippen LogP contribution in [0, 0.1) is 24.5 Å². The summed E-state index contributed by atoms with van der Waals surface area (Å²) < 4.78 is 99.0. The molecule has 0 amide bonds. The molecule has 2 heterocycles. The Morgan fingerprint density at radius 1 is 0.949 bits per heavy atom. The molecule has 0 radical (unpaired) electrons. The van der Waals surface area contributed by atoms with Gasteiger partial charge in [0.1, 0.15) is 10.6 Å². The summed E-state index contributed by atoms with van der Waals surface area (Å²) in [5.74, 6) is -3.26. The van der Waals surface area contributed by atoms with Crippen LogP contribution in [0.25, 0.3) is 0 Å². The molecular weight excluding hydrogens is 574 g/mol. The molecule has 1 saturated heterocycles. The quantitative estimate of drug-likeness (QED) is 0.345. The molecule has 7 nitrogen and oxygen atoms in total. The third kappa shape index (κ3) is 4.84. The van der Waals surface area contributed by atoms with Crippen molar-refractivity contribution in [3.8, 4) is 5.75 Å². The fourth-order valence-corrected chi connectivity index (χ4v) is 8.77. The molecule has 2 aliphatic rings. The summed E-state index contributed by atoms with van der Waals surface area (Å²) in [6.07, 6.45) is -1.10. The zero-order valence-electron chi connectivity index (χ0n) is 20.8. The van der Waals surface area contributed by atoms with Crippen LogP contribution in [0.5, 0.6) is 5.75 Å². The van der Waals surface area contributed by atoms with E-state index in [9.17, 15) is 21.2 Å². The Hall–Kier alpha value is -2.57. The van der Waals surface area contributed by atoms with Crippen molar-refractivity contribution in [3.63, 3.8) is 0 Å². The average Bonchev–Trinajstić information content (AvgIpc) is 2.90. The number of aryl methyl sites for hydroxylation is 1. The van der Waals surface area contributed by atoms with Gasteiger partial charge in [0.2, 0.25) is 0 Å². The third-order valence-corrected chi connectivity index (χ3v) is 11.4. The molecule has 12 heteroatoms. The van der Waals surface area contributed by atoms with Crippen molar-refractivity contribution in [1.29, 1.82) is 0 Å². The van der Waals surface area contributed by atoms with Crippen LogP contribution in [0.15, 0.2) is 70.5 Å². The number of hydrogen-bond acceptors (Lipinski definition) is 7. The van der Waals surface area contributed by atoms with Gasteiger partial charge < -0.3 is 9.47 Å². The van der Waals surface area contributed by atoms with Crippen molar-refractivity contribution in [3.05, 3.63) is 88.4 Å². The van der Waals surface area contributed by atoms with Crippen LogP contribution in [0.4, 0.5) is 8.78 Å². The lowest BCUT2D eigenvalue weighted by Crippen LogP contribution is -2.57. The number of fused-ring (bicyclic) bond motifs is 3. The Morgan fingerprint density at radius 2 is 1.59 bits per heavy atom. The van der Waals surface area contributed by atoms with Crippen molar-refractivity contribution >= 4 is 31.6 Å². The Morgan fingerprint density at radius 3 is 2.28 bits per heavy atom. The van der Waals surface area contributed by atoms with E-state index < -0.39 is 59.7 Å². The second kappa shape index (κ2) is 10.4. The van der Waals surface area contributed by atoms with Crippen molar-refractivity contribution in [2.75, 3.05) is 19.8 Å². The van der Waals surface area contributed by atoms with E-state index in [1.54, 1.807) is 12.1 Å². The van der Waals surface area contributed by atoms with Gasteiger partial charge in [0.15, 0.2) is 21.4 Å². The number of sulfone groups is 1. The standard InChI is InChI=1S/C27H25ClF2O7S2/c1-17-2-6-20(7-3-17)39(33,34)37-14-12-24-21-16-36-26-23(30)11-10-22(29)25(26)27(21,13-15-35-24)38(31,32)19-8-4-18(28)5-9-19/h2-11,21,24H,12-16H2,1H3/t21-,24-,27-/m0/s1. The zero-order valence-corrected chi connectivity index (χ0v) is 23.2. The van der Waals surface area contributed by atoms with E-state index in [0.717, 1.165) is 17.7 Å². The molecule has 0 aromatic heterocycles. The fraction of sp³-hybridized carbons (Fsp3) is 0.333. The van der Waals surface area contributed by atoms with E-state index in [0.29, 0.717) is 5.02 Å². The highest BCUT2D eigenvalue weighted by atomic mass is 35.5. The van der Waals surface area contributed by atoms with Crippen molar-refractivity contribution in [2.45, 2.75) is 40.4 Å². The summed E-state index contributed by atoms with van der Waals surface area (Å²) in [6.45, 7) is 1.09. The van der Waals surface area contributed by atoms with E-state index in [2.05, 4.69) is 0 Å². The zero-order chi connectivity index (χ0) is 28.0. The Balaban J connectivity index is 1.52. The van der Waals surface area contributed by atoms with Crippen LogP contribution < -0.4 is 4.74 Å². The third-order valence-electron chi connectivity index (χ3n) is 7.30. The molecule has 2 aliphatic heterocycles. The van der Waals surface area contributed by atoms with E-state index in [1.807, 2.05) is 6.92 Å². The van der Waals surface area contributed by atoms with E-state index in [4.69, 9.17) is 25.3 Å². The van der Waals surface area contributed by atoms with Crippen LogP contribution in [0.2, 0.25) is 5.02 Å². The first-order chi connectivity index (χ1) is 18.5. The van der Waals surface area contributed by atoms with Crippen LogP contribution in [-0.4, -0.2) is 42.8 Å². The summed E-state index contributed by atoms with van der Waals surface area (Å²) in [4.78, 5) is -0.142. The number of benzene rings is 3. The average molecular weight is 599 g/mol. The van der Waals surface area contributed by atoms with Gasteiger partial charge in [-0.2, -0.15) is 8.42 Å². The topological polar surface area (TPSA) is 96.0 Å². The first kappa shape index (κ1) is 28.0. The maximum absolute atomic E-state index is 15.5. The lowest BCUT2D eigenvalue weighted by atomic mass is 9.75. The van der Waals surface area contributed by atoms with Crippen LogP contribution in [0.3, 0.4) is 0 Å². The maximum Gasteiger partial charge on any atom is 0.296 e. The van der Waals surface area contributed by atoms with Gasteiger partial charge in [-0.05, 0) is 68.3 Å². The molecule has 0 bridgehead atoms. The van der Waals surface area contributed by atoms with Gasteiger partial charge in [0, 0.05) is 17.5 Å². The van der Waals surface area contributed by atoms with Gasteiger partial charge in [0.05, 0.1) is 34.7 Å². The van der Waals surface area contributed by atoms with Gasteiger partial charge in [-0.15, -0.1) is 0 Å². The molecule has 3 aromatic carbocycles. The molecule has 39 heavy (non-hydrogen) atoms. The molecule has 5 rings (SSSR count). The first-order valence-corrected chi connectivity index (χ1v) is 15.4. The minimum atomic E-state index is -4.37. The van der Waals surface area contributed by atoms with Crippen LogP contribution in [-0.2, 0) is 33.6 Å². The lowest BCUT2D eigenvalue weighted by Gasteiger charge is -2.50. The molecule has 0 aliphatic carbocycles. The summed E-state index contributed by atoms with van der Waals surface area (Å²) in [5.41, 5.74) is 0.485. The molecule has 0 N–H and O–H groups in total. The number of ether oxygens (including phenoxy) is 2. The molecule has 3 aromatic rings. The van der Waals surface area contributed by atoms with E-state index in [-0.39, 0.29) is 42.5 Å². The summed E-state index contributed by atoms with van der Waals surface area (Å²) in [6, 6.07) is 13.3. The van der Waals surface area contributed by atoms with Crippen molar-refractivity contribution in [1.82, 2.24) is 0 Å². The molecular formula is C27H25ClF2O7S2. The Kier molecular flexibility index (Phi) is 7.49. The van der Waals surface area contributed by atoms with Gasteiger partial charge in [-0.25, -0.2) is 17.2 Å². The second-order valence-electron chi connectivity index (χ2n) is 9.53.